The molecule has 4 nitrogen and oxygen atoms in total. The lowest BCUT2D eigenvalue weighted by molar-refractivity contribution is 0.0692. The molecule has 0 saturated carbocycles. The number of anilines is 1. The Bertz CT molecular complexity index is 549. The molecule has 2 rings (SSSR count). The first-order chi connectivity index (χ1) is 7.58. The fraction of sp³-hybridized carbons (Fsp3) is 0.0909. The topological polar surface area (TPSA) is 76.2 Å². The number of aromatic carboxylic acids is 1. The van der Waals surface area contributed by atoms with Gasteiger partial charge in [-0.1, -0.05) is 41.2 Å². The summed E-state index contributed by atoms with van der Waals surface area (Å²) in [6.07, 6.45) is 0. The standard InChI is InChI=1S/C11H10N2O2S/c1-6-3-2-4-7(5-6)9-8(10(14)15)13-11(12)16-9/h2-5H,1H3,(H2,12,13)(H,14,15). The van der Waals surface area contributed by atoms with Gasteiger partial charge in [0, 0.05) is 0 Å². The van der Waals surface area contributed by atoms with E-state index in [9.17, 15) is 4.79 Å². The number of nitrogens with zero attached hydrogens (tertiary/aromatic N) is 1. The quantitative estimate of drug-likeness (QED) is 0.836. The van der Waals surface area contributed by atoms with Crippen molar-refractivity contribution in [3.05, 3.63) is 35.5 Å². The number of aromatic nitrogens is 1. The normalized spacial score (nSPS) is 10.3. The van der Waals surface area contributed by atoms with Crippen molar-refractivity contribution in [2.75, 3.05) is 5.73 Å². The summed E-state index contributed by atoms with van der Waals surface area (Å²) in [7, 11) is 0. The van der Waals surface area contributed by atoms with Gasteiger partial charge in [-0.05, 0) is 12.5 Å². The van der Waals surface area contributed by atoms with Crippen molar-refractivity contribution in [3.8, 4) is 10.4 Å². The second-order valence-corrected chi connectivity index (χ2v) is 4.44. The number of benzene rings is 1. The van der Waals surface area contributed by atoms with Crippen molar-refractivity contribution in [2.24, 2.45) is 0 Å². The lowest BCUT2D eigenvalue weighted by atomic mass is 10.1. The van der Waals surface area contributed by atoms with Crippen molar-refractivity contribution in [3.63, 3.8) is 0 Å². The number of hydrogen-bond acceptors (Lipinski definition) is 4. The molecule has 0 spiro atoms. The van der Waals surface area contributed by atoms with Gasteiger partial charge in [0.1, 0.15) is 0 Å². The average molecular weight is 234 g/mol. The maximum absolute atomic E-state index is 11.0. The van der Waals surface area contributed by atoms with Crippen LogP contribution in [0, 0.1) is 6.92 Å². The number of nitrogen functional groups attached to an aromatic ring is 1. The molecule has 2 aromatic rings. The number of carboxylic acid groups (broad SMARTS) is 1. The SMILES string of the molecule is Cc1cccc(-c2sc(N)nc2C(=O)O)c1. The van der Waals surface area contributed by atoms with E-state index in [4.69, 9.17) is 10.8 Å². The Morgan fingerprint density at radius 1 is 1.50 bits per heavy atom. The van der Waals surface area contributed by atoms with Crippen molar-refractivity contribution < 1.29 is 9.90 Å². The number of nitrogens with two attached hydrogens (primary N) is 1. The molecule has 3 N–H and O–H groups in total. The predicted octanol–water partition coefficient (Wildman–Crippen LogP) is 2.40. The minimum Gasteiger partial charge on any atom is -0.476 e. The van der Waals surface area contributed by atoms with Crippen molar-refractivity contribution in [1.29, 1.82) is 0 Å². The third-order valence-corrected chi connectivity index (χ3v) is 3.06. The summed E-state index contributed by atoms with van der Waals surface area (Å²) in [5.74, 6) is -1.05. The van der Waals surface area contributed by atoms with Crippen LogP contribution in [-0.4, -0.2) is 16.1 Å². The summed E-state index contributed by atoms with van der Waals surface area (Å²) in [5, 5.41) is 9.27. The molecule has 0 bridgehead atoms. The van der Waals surface area contributed by atoms with Crippen LogP contribution >= 0.6 is 11.3 Å². The zero-order chi connectivity index (χ0) is 11.7. The van der Waals surface area contributed by atoms with Gasteiger partial charge in [0.05, 0.1) is 4.88 Å². The number of thiazole rings is 1. The van der Waals surface area contributed by atoms with E-state index in [0.29, 0.717) is 4.88 Å². The van der Waals surface area contributed by atoms with E-state index in [-0.39, 0.29) is 10.8 Å². The zero-order valence-corrected chi connectivity index (χ0v) is 9.41. The third-order valence-electron chi connectivity index (χ3n) is 2.13. The number of carboxylic acids is 1. The average Bonchev–Trinajstić information content (AvgIpc) is 2.60. The monoisotopic (exact) mass is 234 g/mol. The summed E-state index contributed by atoms with van der Waals surface area (Å²) >= 11 is 1.19. The van der Waals surface area contributed by atoms with Gasteiger partial charge in [0.2, 0.25) is 0 Å². The van der Waals surface area contributed by atoms with Crippen LogP contribution in [0.4, 0.5) is 5.13 Å². The summed E-state index contributed by atoms with van der Waals surface area (Å²) in [4.78, 5) is 15.4. The maximum atomic E-state index is 11.0. The first-order valence-corrected chi connectivity index (χ1v) is 5.46. The molecule has 1 aromatic carbocycles. The molecule has 0 saturated heterocycles. The van der Waals surface area contributed by atoms with Gasteiger partial charge in [0.15, 0.2) is 10.8 Å². The smallest absolute Gasteiger partial charge is 0.356 e. The third kappa shape index (κ3) is 1.90. The Morgan fingerprint density at radius 3 is 2.88 bits per heavy atom. The number of hydrogen-bond donors (Lipinski definition) is 2. The summed E-state index contributed by atoms with van der Waals surface area (Å²) < 4.78 is 0. The minimum absolute atomic E-state index is 0.0214. The van der Waals surface area contributed by atoms with Gasteiger partial charge in [-0.2, -0.15) is 0 Å². The van der Waals surface area contributed by atoms with Gasteiger partial charge in [-0.15, -0.1) is 0 Å². The van der Waals surface area contributed by atoms with Crippen LogP contribution in [0.5, 0.6) is 0 Å². The molecule has 0 amide bonds. The Balaban J connectivity index is 2.59. The molecule has 5 heteroatoms. The highest BCUT2D eigenvalue weighted by Crippen LogP contribution is 2.32. The molecule has 0 unspecified atom stereocenters. The predicted molar refractivity (Wildman–Crippen MR) is 63.7 cm³/mol. The van der Waals surface area contributed by atoms with E-state index in [2.05, 4.69) is 4.98 Å². The summed E-state index contributed by atoms with van der Waals surface area (Å²) in [6, 6.07) is 7.60. The highest BCUT2D eigenvalue weighted by atomic mass is 32.1. The zero-order valence-electron chi connectivity index (χ0n) is 8.60. The first-order valence-electron chi connectivity index (χ1n) is 4.64. The number of carbonyl (C=O) groups is 1. The number of aryl methyl sites for hydroxylation is 1. The van der Waals surface area contributed by atoms with Crippen LogP contribution in [0.15, 0.2) is 24.3 Å². The molecule has 82 valence electrons. The van der Waals surface area contributed by atoms with E-state index in [1.165, 1.54) is 11.3 Å². The minimum atomic E-state index is -1.05. The van der Waals surface area contributed by atoms with Crippen LogP contribution in [0.25, 0.3) is 10.4 Å². The largest absolute Gasteiger partial charge is 0.476 e. The Hall–Kier alpha value is -1.88. The molecule has 0 aliphatic heterocycles. The van der Waals surface area contributed by atoms with Crippen LogP contribution < -0.4 is 5.73 Å². The molecule has 0 aliphatic rings. The summed E-state index contributed by atoms with van der Waals surface area (Å²) in [6.45, 7) is 1.95. The lowest BCUT2D eigenvalue weighted by Gasteiger charge is -1.99. The fourth-order valence-electron chi connectivity index (χ4n) is 1.46. The van der Waals surface area contributed by atoms with E-state index in [1.54, 1.807) is 0 Å². The molecular formula is C11H10N2O2S. The molecule has 0 atom stereocenters. The molecule has 1 heterocycles. The van der Waals surface area contributed by atoms with Crippen molar-refractivity contribution in [2.45, 2.75) is 6.92 Å². The molecule has 0 radical (unpaired) electrons. The Morgan fingerprint density at radius 2 is 2.25 bits per heavy atom. The fourth-order valence-corrected chi connectivity index (χ4v) is 2.28. The van der Waals surface area contributed by atoms with E-state index < -0.39 is 5.97 Å². The molecular weight excluding hydrogens is 224 g/mol. The second kappa shape index (κ2) is 3.94. The first kappa shape index (κ1) is 10.6. The summed E-state index contributed by atoms with van der Waals surface area (Å²) in [5.41, 5.74) is 7.47. The maximum Gasteiger partial charge on any atom is 0.356 e. The van der Waals surface area contributed by atoms with E-state index in [0.717, 1.165) is 11.1 Å². The second-order valence-electron chi connectivity index (χ2n) is 3.40. The molecule has 0 aliphatic carbocycles. The highest BCUT2D eigenvalue weighted by Gasteiger charge is 2.17. The highest BCUT2D eigenvalue weighted by molar-refractivity contribution is 7.19. The molecule has 16 heavy (non-hydrogen) atoms. The van der Waals surface area contributed by atoms with Crippen LogP contribution in [0.2, 0.25) is 0 Å². The van der Waals surface area contributed by atoms with Gasteiger partial charge in [-0.3, -0.25) is 0 Å². The van der Waals surface area contributed by atoms with Gasteiger partial charge in [0.25, 0.3) is 0 Å². The Labute approximate surface area is 96.4 Å². The van der Waals surface area contributed by atoms with Crippen molar-refractivity contribution >= 4 is 22.4 Å². The number of rotatable bonds is 2. The molecule has 0 fully saturated rings. The van der Waals surface area contributed by atoms with E-state index in [1.807, 2.05) is 31.2 Å². The van der Waals surface area contributed by atoms with Crippen LogP contribution in [0.1, 0.15) is 16.1 Å². The molecule has 1 aromatic heterocycles. The van der Waals surface area contributed by atoms with E-state index >= 15 is 0 Å². The van der Waals surface area contributed by atoms with Gasteiger partial charge in [-0.25, -0.2) is 9.78 Å². The Kier molecular flexibility index (Phi) is 2.62. The lowest BCUT2D eigenvalue weighted by Crippen LogP contribution is -1.99. The van der Waals surface area contributed by atoms with Crippen molar-refractivity contribution in [1.82, 2.24) is 4.98 Å². The van der Waals surface area contributed by atoms with Crippen LogP contribution in [-0.2, 0) is 0 Å². The van der Waals surface area contributed by atoms with Gasteiger partial charge < -0.3 is 10.8 Å². The van der Waals surface area contributed by atoms with Gasteiger partial charge >= 0.3 is 5.97 Å². The van der Waals surface area contributed by atoms with Crippen LogP contribution in [0.3, 0.4) is 0 Å².